The number of rotatable bonds is 6. The van der Waals surface area contributed by atoms with Crippen LogP contribution in [0.15, 0.2) is 41.3 Å². The monoisotopic (exact) mass is 389 g/mol. The molecule has 1 heterocycles. The van der Waals surface area contributed by atoms with Crippen molar-refractivity contribution in [2.24, 2.45) is 0 Å². The first kappa shape index (κ1) is 19.4. The van der Waals surface area contributed by atoms with Gasteiger partial charge in [0, 0.05) is 21.4 Å². The fourth-order valence-corrected chi connectivity index (χ4v) is 3.66. The van der Waals surface area contributed by atoms with Crippen molar-refractivity contribution < 1.29 is 13.6 Å². The number of H-pyrrole nitrogens is 1. The van der Waals surface area contributed by atoms with E-state index >= 15 is 0 Å². The number of hydrogen-bond donors (Lipinski definition) is 2. The number of thioether (sulfide) groups is 1. The zero-order chi connectivity index (χ0) is 19.6. The summed E-state index contributed by atoms with van der Waals surface area (Å²) in [6.45, 7) is 6.28. The number of amides is 1. The van der Waals surface area contributed by atoms with Gasteiger partial charge in [0.2, 0.25) is 0 Å². The largest absolute Gasteiger partial charge is 0.337 e. The van der Waals surface area contributed by atoms with Gasteiger partial charge in [-0.2, -0.15) is 0 Å². The first-order valence-electron chi connectivity index (χ1n) is 8.74. The van der Waals surface area contributed by atoms with E-state index in [0.717, 1.165) is 17.7 Å². The number of anilines is 1. The van der Waals surface area contributed by atoms with Crippen LogP contribution in [0.5, 0.6) is 0 Å². The van der Waals surface area contributed by atoms with Gasteiger partial charge in [0.05, 0.1) is 11.0 Å². The van der Waals surface area contributed by atoms with Crippen LogP contribution in [0, 0.1) is 6.92 Å². The number of hydrogen-bond acceptors (Lipinski definition) is 3. The summed E-state index contributed by atoms with van der Waals surface area (Å²) in [6, 6.07) is 10.6. The summed E-state index contributed by atoms with van der Waals surface area (Å²) < 4.78 is 25.5. The third kappa shape index (κ3) is 4.47. The second kappa shape index (κ2) is 8.08. The molecule has 27 heavy (non-hydrogen) atoms. The van der Waals surface area contributed by atoms with Crippen LogP contribution < -0.4 is 5.32 Å². The van der Waals surface area contributed by atoms with E-state index in [1.807, 2.05) is 19.1 Å². The molecule has 1 aromatic heterocycles. The van der Waals surface area contributed by atoms with Crippen molar-refractivity contribution in [1.29, 1.82) is 0 Å². The van der Waals surface area contributed by atoms with Crippen LogP contribution in [0.1, 0.15) is 48.4 Å². The van der Waals surface area contributed by atoms with Crippen molar-refractivity contribution >= 4 is 34.4 Å². The Hall–Kier alpha value is -2.41. The number of halogens is 2. The average molecular weight is 389 g/mol. The van der Waals surface area contributed by atoms with Crippen molar-refractivity contribution in [3.8, 4) is 0 Å². The Labute approximate surface area is 160 Å². The first-order chi connectivity index (χ1) is 12.9. The third-order valence-corrected chi connectivity index (χ3v) is 5.59. The Kier molecular flexibility index (Phi) is 5.79. The van der Waals surface area contributed by atoms with Crippen LogP contribution in [0.25, 0.3) is 11.0 Å². The van der Waals surface area contributed by atoms with Gasteiger partial charge in [0.1, 0.15) is 0 Å². The standard InChI is InChI=1S/C20H21F2N3OS/c1-4-12(3)27-14-6-8-15(11(2)9-14)25-20(26)13-5-7-16-17(10-13)24-19(23-16)18(21)22/h5-10,12,18H,4H2,1-3H3,(H,23,24)(H,25,26). The van der Waals surface area contributed by atoms with Crippen LogP contribution in [-0.4, -0.2) is 21.1 Å². The molecule has 1 amide bonds. The quantitative estimate of drug-likeness (QED) is 0.512. The molecule has 0 saturated carbocycles. The SMILES string of the molecule is CCC(C)Sc1ccc(NC(=O)c2ccc3nc(C(F)F)[nH]c3c2)c(C)c1. The molecule has 2 N–H and O–H groups in total. The van der Waals surface area contributed by atoms with E-state index in [1.165, 1.54) is 11.0 Å². The van der Waals surface area contributed by atoms with Crippen LogP contribution in [-0.2, 0) is 0 Å². The predicted octanol–water partition coefficient (Wildman–Crippen LogP) is 5.95. The molecule has 0 saturated heterocycles. The Morgan fingerprint density at radius 1 is 1.26 bits per heavy atom. The highest BCUT2D eigenvalue weighted by Crippen LogP contribution is 2.29. The Bertz CT molecular complexity index is 971. The van der Waals surface area contributed by atoms with Crippen molar-refractivity contribution in [3.05, 3.63) is 53.3 Å². The number of alkyl halides is 2. The minimum absolute atomic E-state index is 0.296. The molecule has 4 nitrogen and oxygen atoms in total. The average Bonchev–Trinajstić information content (AvgIpc) is 3.07. The van der Waals surface area contributed by atoms with E-state index in [-0.39, 0.29) is 5.91 Å². The van der Waals surface area contributed by atoms with E-state index < -0.39 is 12.2 Å². The molecule has 7 heteroatoms. The van der Waals surface area contributed by atoms with Gasteiger partial charge in [-0.3, -0.25) is 4.79 Å². The van der Waals surface area contributed by atoms with Crippen molar-refractivity contribution in [3.63, 3.8) is 0 Å². The highest BCUT2D eigenvalue weighted by molar-refractivity contribution is 7.99. The van der Waals surface area contributed by atoms with E-state index in [1.54, 1.807) is 23.9 Å². The minimum Gasteiger partial charge on any atom is -0.337 e. The van der Waals surface area contributed by atoms with Gasteiger partial charge >= 0.3 is 0 Å². The Morgan fingerprint density at radius 2 is 2.04 bits per heavy atom. The Balaban J connectivity index is 1.77. The summed E-state index contributed by atoms with van der Waals surface area (Å²) in [4.78, 5) is 20.1. The molecule has 3 rings (SSSR count). The maximum atomic E-state index is 12.8. The number of carbonyl (C=O) groups is 1. The van der Waals surface area contributed by atoms with Gasteiger partial charge in [0.15, 0.2) is 5.82 Å². The highest BCUT2D eigenvalue weighted by Gasteiger charge is 2.15. The van der Waals surface area contributed by atoms with E-state index in [2.05, 4.69) is 35.2 Å². The topological polar surface area (TPSA) is 57.8 Å². The van der Waals surface area contributed by atoms with Gasteiger partial charge in [-0.15, -0.1) is 11.8 Å². The number of aromatic nitrogens is 2. The molecule has 0 aliphatic carbocycles. The lowest BCUT2D eigenvalue weighted by Crippen LogP contribution is -2.12. The molecule has 0 radical (unpaired) electrons. The number of fused-ring (bicyclic) bond motifs is 1. The summed E-state index contributed by atoms with van der Waals surface area (Å²) in [5.41, 5.74) is 2.90. The van der Waals surface area contributed by atoms with Gasteiger partial charge in [-0.05, 0) is 55.3 Å². The number of aryl methyl sites for hydroxylation is 1. The van der Waals surface area contributed by atoms with Crippen LogP contribution in [0.2, 0.25) is 0 Å². The molecule has 0 aliphatic heterocycles. The van der Waals surface area contributed by atoms with Crippen molar-refractivity contribution in [2.45, 2.75) is 43.8 Å². The summed E-state index contributed by atoms with van der Waals surface area (Å²) in [7, 11) is 0. The van der Waals surface area contributed by atoms with E-state index in [0.29, 0.717) is 21.8 Å². The molecule has 1 atom stereocenters. The maximum absolute atomic E-state index is 12.8. The highest BCUT2D eigenvalue weighted by atomic mass is 32.2. The molecule has 1 unspecified atom stereocenters. The molecule has 142 valence electrons. The normalized spacial score (nSPS) is 12.5. The van der Waals surface area contributed by atoms with Crippen LogP contribution in [0.3, 0.4) is 0 Å². The first-order valence-corrected chi connectivity index (χ1v) is 9.61. The summed E-state index contributed by atoms with van der Waals surface area (Å²) in [5.74, 6) is -0.691. The lowest BCUT2D eigenvalue weighted by atomic mass is 10.1. The fraction of sp³-hybridized carbons (Fsp3) is 0.300. The van der Waals surface area contributed by atoms with Crippen LogP contribution in [0.4, 0.5) is 14.5 Å². The number of nitrogens with one attached hydrogen (secondary N) is 2. The van der Waals surface area contributed by atoms with Crippen molar-refractivity contribution in [1.82, 2.24) is 9.97 Å². The lowest BCUT2D eigenvalue weighted by Gasteiger charge is -2.12. The summed E-state index contributed by atoms with van der Waals surface area (Å²) in [5, 5.41) is 3.42. The molecular weight excluding hydrogens is 368 g/mol. The second-order valence-corrected chi connectivity index (χ2v) is 7.93. The van der Waals surface area contributed by atoms with Gasteiger partial charge < -0.3 is 10.3 Å². The number of nitrogens with zero attached hydrogens (tertiary/aromatic N) is 1. The molecule has 2 aromatic carbocycles. The van der Waals surface area contributed by atoms with Crippen molar-refractivity contribution in [2.75, 3.05) is 5.32 Å². The third-order valence-electron chi connectivity index (χ3n) is 4.33. The molecule has 0 aliphatic rings. The molecule has 0 bridgehead atoms. The van der Waals surface area contributed by atoms with Gasteiger partial charge in [-0.25, -0.2) is 13.8 Å². The number of aromatic amines is 1. The minimum atomic E-state index is -2.68. The molecular formula is C20H21F2N3OS. The zero-order valence-corrected chi connectivity index (χ0v) is 16.2. The predicted molar refractivity (Wildman–Crippen MR) is 106 cm³/mol. The smallest absolute Gasteiger partial charge is 0.295 e. The van der Waals surface area contributed by atoms with E-state index in [4.69, 9.17) is 0 Å². The lowest BCUT2D eigenvalue weighted by molar-refractivity contribution is 0.102. The second-order valence-electron chi connectivity index (χ2n) is 6.42. The Morgan fingerprint density at radius 3 is 2.70 bits per heavy atom. The van der Waals surface area contributed by atoms with E-state index in [9.17, 15) is 13.6 Å². The summed E-state index contributed by atoms with van der Waals surface area (Å²) >= 11 is 1.80. The van der Waals surface area contributed by atoms with Gasteiger partial charge in [-0.1, -0.05) is 13.8 Å². The van der Waals surface area contributed by atoms with Gasteiger partial charge in [0.25, 0.3) is 12.3 Å². The maximum Gasteiger partial charge on any atom is 0.295 e. The molecule has 3 aromatic rings. The van der Waals surface area contributed by atoms with Crippen LogP contribution >= 0.6 is 11.8 Å². The number of carbonyl (C=O) groups excluding carboxylic acids is 1. The molecule has 0 fully saturated rings. The summed E-state index contributed by atoms with van der Waals surface area (Å²) in [6.07, 6.45) is -1.59. The number of imidazole rings is 1. The molecule has 0 spiro atoms. The number of benzene rings is 2. The fourth-order valence-electron chi connectivity index (χ4n) is 2.63. The zero-order valence-electron chi connectivity index (χ0n) is 15.3.